The summed E-state index contributed by atoms with van der Waals surface area (Å²) in [5.41, 5.74) is 0.799. The first-order valence-corrected chi connectivity index (χ1v) is 5.02. The Hall–Kier alpha value is -1.61. The van der Waals surface area contributed by atoms with E-state index in [-0.39, 0.29) is 22.6 Å². The van der Waals surface area contributed by atoms with Gasteiger partial charge in [0.2, 0.25) is 5.78 Å². The average Bonchev–Trinajstić information content (AvgIpc) is 2.68. The van der Waals surface area contributed by atoms with Crippen LogP contribution in [0, 0.1) is 12.7 Å². The van der Waals surface area contributed by atoms with Crippen LogP contribution < -0.4 is 0 Å². The zero-order valence-electron chi connectivity index (χ0n) is 8.46. The number of halogens is 2. The van der Waals surface area contributed by atoms with Gasteiger partial charge in [-0.2, -0.15) is 0 Å². The van der Waals surface area contributed by atoms with E-state index < -0.39 is 0 Å². The SMILES string of the molecule is Cc1cc(C(=O)c2ccc(Cl)o2)ccc1F. The third kappa shape index (κ3) is 1.99. The third-order valence-corrected chi connectivity index (χ3v) is 2.42. The first-order chi connectivity index (χ1) is 7.58. The van der Waals surface area contributed by atoms with Crippen molar-refractivity contribution in [2.45, 2.75) is 6.92 Å². The molecule has 0 fully saturated rings. The highest BCUT2D eigenvalue weighted by Crippen LogP contribution is 2.18. The molecule has 0 amide bonds. The molecular formula is C12H8ClFO2. The normalized spacial score (nSPS) is 10.4. The Labute approximate surface area is 96.6 Å². The van der Waals surface area contributed by atoms with E-state index in [1.165, 1.54) is 30.3 Å². The van der Waals surface area contributed by atoms with Crippen LogP contribution in [-0.2, 0) is 0 Å². The average molecular weight is 239 g/mol. The van der Waals surface area contributed by atoms with E-state index in [0.717, 1.165) is 0 Å². The molecule has 0 radical (unpaired) electrons. The van der Waals surface area contributed by atoms with Gasteiger partial charge in [0, 0.05) is 5.56 Å². The quantitative estimate of drug-likeness (QED) is 0.748. The lowest BCUT2D eigenvalue weighted by Gasteiger charge is -2.00. The summed E-state index contributed by atoms with van der Waals surface area (Å²) in [6.07, 6.45) is 0. The van der Waals surface area contributed by atoms with E-state index >= 15 is 0 Å². The summed E-state index contributed by atoms with van der Waals surface area (Å²) in [7, 11) is 0. The molecule has 4 heteroatoms. The molecule has 1 heterocycles. The second kappa shape index (κ2) is 4.10. The van der Waals surface area contributed by atoms with Crippen LogP contribution in [-0.4, -0.2) is 5.78 Å². The maximum atomic E-state index is 13.0. The van der Waals surface area contributed by atoms with Crippen molar-refractivity contribution in [3.05, 3.63) is 58.3 Å². The topological polar surface area (TPSA) is 30.2 Å². The molecule has 0 atom stereocenters. The first kappa shape index (κ1) is 10.9. The lowest BCUT2D eigenvalue weighted by Crippen LogP contribution is -2.00. The number of carbonyl (C=O) groups is 1. The smallest absolute Gasteiger partial charge is 0.228 e. The molecule has 2 rings (SSSR count). The second-order valence-corrected chi connectivity index (χ2v) is 3.77. The minimum Gasteiger partial charge on any atom is -0.441 e. The lowest BCUT2D eigenvalue weighted by molar-refractivity contribution is 0.101. The number of benzene rings is 1. The lowest BCUT2D eigenvalue weighted by atomic mass is 10.1. The number of hydrogen-bond acceptors (Lipinski definition) is 2. The minimum absolute atomic E-state index is 0.149. The maximum absolute atomic E-state index is 13.0. The van der Waals surface area contributed by atoms with Gasteiger partial charge < -0.3 is 4.42 Å². The van der Waals surface area contributed by atoms with Crippen LogP contribution in [0.3, 0.4) is 0 Å². The van der Waals surface area contributed by atoms with E-state index in [4.69, 9.17) is 16.0 Å². The van der Waals surface area contributed by atoms with Crippen LogP contribution in [0.4, 0.5) is 4.39 Å². The summed E-state index contributed by atoms with van der Waals surface area (Å²) in [6, 6.07) is 7.14. The highest BCUT2D eigenvalue weighted by molar-refractivity contribution is 6.29. The Morgan fingerprint density at radius 3 is 2.62 bits per heavy atom. The van der Waals surface area contributed by atoms with Crippen LogP contribution in [0.5, 0.6) is 0 Å². The van der Waals surface area contributed by atoms with E-state index in [1.807, 2.05) is 0 Å². The number of carbonyl (C=O) groups excluding carboxylic acids is 1. The Bertz CT molecular complexity index is 546. The summed E-state index contributed by atoms with van der Waals surface area (Å²) in [5, 5.41) is 0.155. The molecule has 16 heavy (non-hydrogen) atoms. The summed E-state index contributed by atoms with van der Waals surface area (Å²) in [4.78, 5) is 11.8. The maximum Gasteiger partial charge on any atom is 0.228 e. The molecule has 0 spiro atoms. The number of ketones is 1. The van der Waals surface area contributed by atoms with Gasteiger partial charge in [-0.05, 0) is 54.4 Å². The fourth-order valence-electron chi connectivity index (χ4n) is 1.36. The molecule has 82 valence electrons. The van der Waals surface area contributed by atoms with Crippen LogP contribution in [0.25, 0.3) is 0 Å². The standard InChI is InChI=1S/C12H8ClFO2/c1-7-6-8(2-3-9(7)14)12(15)10-4-5-11(13)16-10/h2-6H,1H3. The summed E-state index contributed by atoms with van der Waals surface area (Å²) in [6.45, 7) is 1.60. The van der Waals surface area contributed by atoms with Crippen molar-refractivity contribution >= 4 is 17.4 Å². The van der Waals surface area contributed by atoms with Crippen LogP contribution in [0.2, 0.25) is 5.22 Å². The first-order valence-electron chi connectivity index (χ1n) is 4.64. The van der Waals surface area contributed by atoms with Crippen LogP contribution >= 0.6 is 11.6 Å². The number of aryl methyl sites for hydroxylation is 1. The molecule has 0 saturated carbocycles. The van der Waals surface area contributed by atoms with Crippen molar-refractivity contribution in [1.29, 1.82) is 0 Å². The Kier molecular flexibility index (Phi) is 2.79. The molecule has 0 bridgehead atoms. The number of hydrogen-bond donors (Lipinski definition) is 0. The summed E-state index contributed by atoms with van der Waals surface area (Å²) >= 11 is 5.57. The summed E-state index contributed by atoms with van der Waals surface area (Å²) in [5.74, 6) is -0.500. The van der Waals surface area contributed by atoms with E-state index in [9.17, 15) is 9.18 Å². The Balaban J connectivity index is 2.38. The van der Waals surface area contributed by atoms with Crippen molar-refractivity contribution in [1.82, 2.24) is 0 Å². The molecule has 0 unspecified atom stereocenters. The van der Waals surface area contributed by atoms with Gasteiger partial charge in [0.05, 0.1) is 0 Å². The highest BCUT2D eigenvalue weighted by atomic mass is 35.5. The Morgan fingerprint density at radius 1 is 1.31 bits per heavy atom. The molecule has 1 aromatic carbocycles. The Morgan fingerprint density at radius 2 is 2.06 bits per heavy atom. The van der Waals surface area contributed by atoms with Crippen molar-refractivity contribution < 1.29 is 13.6 Å². The summed E-state index contributed by atoms with van der Waals surface area (Å²) < 4.78 is 18.0. The molecule has 0 aliphatic heterocycles. The highest BCUT2D eigenvalue weighted by Gasteiger charge is 2.14. The van der Waals surface area contributed by atoms with Crippen molar-refractivity contribution in [2.75, 3.05) is 0 Å². The molecule has 0 aliphatic rings. The minimum atomic E-state index is -0.339. The van der Waals surface area contributed by atoms with Crippen molar-refractivity contribution in [3.63, 3.8) is 0 Å². The second-order valence-electron chi connectivity index (χ2n) is 3.40. The molecule has 1 aromatic heterocycles. The van der Waals surface area contributed by atoms with Gasteiger partial charge in [0.1, 0.15) is 5.82 Å². The number of furan rings is 1. The molecule has 2 nitrogen and oxygen atoms in total. The molecule has 0 aliphatic carbocycles. The van der Waals surface area contributed by atoms with Gasteiger partial charge in [0.15, 0.2) is 11.0 Å². The van der Waals surface area contributed by atoms with Gasteiger partial charge in [-0.15, -0.1) is 0 Å². The van der Waals surface area contributed by atoms with Gasteiger partial charge in [-0.3, -0.25) is 4.79 Å². The van der Waals surface area contributed by atoms with Crippen LogP contribution in [0.15, 0.2) is 34.7 Å². The third-order valence-electron chi connectivity index (χ3n) is 2.22. The van der Waals surface area contributed by atoms with E-state index in [1.54, 1.807) is 6.92 Å². The fraction of sp³-hybridized carbons (Fsp3) is 0.0833. The van der Waals surface area contributed by atoms with Gasteiger partial charge in [-0.1, -0.05) is 0 Å². The monoisotopic (exact) mass is 238 g/mol. The van der Waals surface area contributed by atoms with Crippen molar-refractivity contribution in [3.8, 4) is 0 Å². The van der Waals surface area contributed by atoms with E-state index in [0.29, 0.717) is 11.1 Å². The number of rotatable bonds is 2. The predicted molar refractivity (Wildman–Crippen MR) is 58.3 cm³/mol. The molecule has 2 aromatic rings. The molecule has 0 N–H and O–H groups in total. The zero-order chi connectivity index (χ0) is 11.7. The molecular weight excluding hydrogens is 231 g/mol. The van der Waals surface area contributed by atoms with Crippen molar-refractivity contribution in [2.24, 2.45) is 0 Å². The van der Waals surface area contributed by atoms with Gasteiger partial charge in [-0.25, -0.2) is 4.39 Å². The van der Waals surface area contributed by atoms with Gasteiger partial charge in [0.25, 0.3) is 0 Å². The molecule has 0 saturated heterocycles. The largest absolute Gasteiger partial charge is 0.441 e. The van der Waals surface area contributed by atoms with Gasteiger partial charge >= 0.3 is 0 Å². The fourth-order valence-corrected chi connectivity index (χ4v) is 1.51. The van der Waals surface area contributed by atoms with Crippen LogP contribution in [0.1, 0.15) is 21.7 Å². The van der Waals surface area contributed by atoms with E-state index in [2.05, 4.69) is 0 Å². The predicted octanol–water partition coefficient (Wildman–Crippen LogP) is 3.61. The zero-order valence-corrected chi connectivity index (χ0v) is 9.22.